The Labute approximate surface area is 143 Å². The first kappa shape index (κ1) is 20.4. The highest BCUT2D eigenvalue weighted by Crippen LogP contribution is 2.40. The number of hydrogen-bond acceptors (Lipinski definition) is 7. The molecule has 24 heavy (non-hydrogen) atoms. The van der Waals surface area contributed by atoms with E-state index in [1.807, 2.05) is 0 Å². The Morgan fingerprint density at radius 2 is 2.04 bits per heavy atom. The van der Waals surface area contributed by atoms with E-state index in [1.165, 1.54) is 7.11 Å². The maximum absolute atomic E-state index is 12.3. The zero-order valence-corrected chi connectivity index (χ0v) is 14.8. The fourth-order valence-corrected chi connectivity index (χ4v) is 2.70. The number of cyclic esters (lactones) is 1. The highest BCUT2D eigenvalue weighted by atomic mass is 16.6. The summed E-state index contributed by atoms with van der Waals surface area (Å²) in [5, 5.41) is 0. The number of methoxy groups -OCH3 is 1. The Hall–Kier alpha value is -1.63. The zero-order chi connectivity index (χ0) is 18.0. The number of hydrogen-bond donors (Lipinski definition) is 0. The second kappa shape index (κ2) is 10.3. The molecule has 0 amide bonds. The van der Waals surface area contributed by atoms with E-state index in [2.05, 4.69) is 11.7 Å². The van der Waals surface area contributed by atoms with E-state index in [9.17, 15) is 14.4 Å². The van der Waals surface area contributed by atoms with Crippen LogP contribution < -0.4 is 0 Å². The molecule has 7 nitrogen and oxygen atoms in total. The van der Waals surface area contributed by atoms with Crippen LogP contribution in [-0.2, 0) is 33.3 Å². The fourth-order valence-electron chi connectivity index (χ4n) is 2.70. The summed E-state index contributed by atoms with van der Waals surface area (Å²) in [4.78, 5) is 36.1. The van der Waals surface area contributed by atoms with Crippen LogP contribution in [0.4, 0.5) is 0 Å². The maximum Gasteiger partial charge on any atom is 0.324 e. The molecule has 138 valence electrons. The van der Waals surface area contributed by atoms with E-state index in [-0.39, 0.29) is 32.5 Å². The summed E-state index contributed by atoms with van der Waals surface area (Å²) in [6, 6.07) is 0. The van der Waals surface area contributed by atoms with Crippen molar-refractivity contribution in [2.75, 3.05) is 26.9 Å². The van der Waals surface area contributed by atoms with Gasteiger partial charge in [0.2, 0.25) is 0 Å². The van der Waals surface area contributed by atoms with Gasteiger partial charge in [-0.15, -0.1) is 0 Å². The normalized spacial score (nSPS) is 23.0. The third-order valence-corrected chi connectivity index (χ3v) is 4.09. The van der Waals surface area contributed by atoms with E-state index >= 15 is 0 Å². The first-order valence-electron chi connectivity index (χ1n) is 8.53. The second-order valence-electron chi connectivity index (χ2n) is 5.89. The zero-order valence-electron chi connectivity index (χ0n) is 14.8. The lowest BCUT2D eigenvalue weighted by Crippen LogP contribution is -2.38. The van der Waals surface area contributed by atoms with Crippen LogP contribution >= 0.6 is 0 Å². The van der Waals surface area contributed by atoms with Crippen molar-refractivity contribution in [1.29, 1.82) is 0 Å². The minimum atomic E-state index is -1.44. The molecule has 2 atom stereocenters. The lowest BCUT2D eigenvalue weighted by atomic mass is 9.80. The number of carbonyl (C=O) groups is 3. The van der Waals surface area contributed by atoms with Crippen molar-refractivity contribution in [3.8, 4) is 0 Å². The third-order valence-electron chi connectivity index (χ3n) is 4.09. The van der Waals surface area contributed by atoms with Crippen molar-refractivity contribution in [3.05, 3.63) is 0 Å². The molecule has 2 unspecified atom stereocenters. The highest BCUT2D eigenvalue weighted by molar-refractivity contribution is 6.01. The van der Waals surface area contributed by atoms with Gasteiger partial charge in [0.1, 0.15) is 6.10 Å². The number of unbranched alkanes of at least 4 members (excludes halogenated alkanes) is 2. The van der Waals surface area contributed by atoms with Crippen molar-refractivity contribution in [2.24, 2.45) is 5.41 Å². The predicted octanol–water partition coefficient (Wildman–Crippen LogP) is 2.01. The molecule has 1 saturated heterocycles. The predicted molar refractivity (Wildman–Crippen MR) is 85.2 cm³/mol. The quantitative estimate of drug-likeness (QED) is 0.245. The van der Waals surface area contributed by atoms with Gasteiger partial charge < -0.3 is 18.9 Å². The summed E-state index contributed by atoms with van der Waals surface area (Å²) in [7, 11) is 1.26. The Balaban J connectivity index is 2.66. The van der Waals surface area contributed by atoms with E-state index in [0.717, 1.165) is 19.3 Å². The Kier molecular flexibility index (Phi) is 8.74. The first-order chi connectivity index (χ1) is 11.5. The number of ether oxygens (including phenoxy) is 4. The first-order valence-corrected chi connectivity index (χ1v) is 8.53. The van der Waals surface area contributed by atoms with Crippen LogP contribution in [0.25, 0.3) is 0 Å². The van der Waals surface area contributed by atoms with E-state index < -0.39 is 29.4 Å². The SMILES string of the molecule is CCCCCOCC1CC(CCC(=O)OC)(C(=O)OCC)C(=O)O1. The van der Waals surface area contributed by atoms with Crippen LogP contribution in [-0.4, -0.2) is 50.9 Å². The molecule has 0 saturated carbocycles. The molecule has 0 N–H and O–H groups in total. The van der Waals surface area contributed by atoms with Crippen molar-refractivity contribution in [3.63, 3.8) is 0 Å². The minimum Gasteiger partial charge on any atom is -0.469 e. The molecule has 7 heteroatoms. The van der Waals surface area contributed by atoms with Gasteiger partial charge in [0.25, 0.3) is 0 Å². The molecule has 0 aromatic heterocycles. The summed E-state index contributed by atoms with van der Waals surface area (Å²) in [5.41, 5.74) is -1.44. The molecule has 1 aliphatic rings. The Morgan fingerprint density at radius 1 is 1.29 bits per heavy atom. The molecular formula is C17H28O7. The van der Waals surface area contributed by atoms with Crippen molar-refractivity contribution >= 4 is 17.9 Å². The van der Waals surface area contributed by atoms with Crippen molar-refractivity contribution in [1.82, 2.24) is 0 Å². The molecule has 0 aromatic rings. The van der Waals surface area contributed by atoms with Crippen LogP contribution in [0.5, 0.6) is 0 Å². The van der Waals surface area contributed by atoms with Gasteiger partial charge in [-0.25, -0.2) is 0 Å². The second-order valence-corrected chi connectivity index (χ2v) is 5.89. The molecule has 0 aromatic carbocycles. The largest absolute Gasteiger partial charge is 0.469 e. The highest BCUT2D eigenvalue weighted by Gasteiger charge is 2.56. The molecule has 1 fully saturated rings. The van der Waals surface area contributed by atoms with Gasteiger partial charge in [-0.1, -0.05) is 19.8 Å². The fraction of sp³-hybridized carbons (Fsp3) is 0.824. The molecule has 1 aliphatic heterocycles. The van der Waals surface area contributed by atoms with Crippen LogP contribution in [0.15, 0.2) is 0 Å². The molecule has 0 radical (unpaired) electrons. The van der Waals surface area contributed by atoms with Gasteiger partial charge in [-0.2, -0.15) is 0 Å². The standard InChI is InChI=1S/C17H28O7/c1-4-6-7-10-22-12-13-11-17(16(20)24-13,15(19)23-5-2)9-8-14(18)21-3/h13H,4-12H2,1-3H3. The van der Waals surface area contributed by atoms with Crippen molar-refractivity contribution < 1.29 is 33.3 Å². The smallest absolute Gasteiger partial charge is 0.324 e. The van der Waals surface area contributed by atoms with Crippen LogP contribution in [0.1, 0.15) is 52.4 Å². The summed E-state index contributed by atoms with van der Waals surface area (Å²) >= 11 is 0. The van der Waals surface area contributed by atoms with Gasteiger partial charge in [-0.05, 0) is 19.8 Å². The lowest BCUT2D eigenvalue weighted by Gasteiger charge is -2.21. The molecule has 1 heterocycles. The Morgan fingerprint density at radius 3 is 2.67 bits per heavy atom. The van der Waals surface area contributed by atoms with E-state index in [1.54, 1.807) is 6.92 Å². The summed E-state index contributed by atoms with van der Waals surface area (Å²) < 4.78 is 20.5. The number of carbonyl (C=O) groups excluding carboxylic acids is 3. The van der Waals surface area contributed by atoms with Gasteiger partial charge in [-0.3, -0.25) is 14.4 Å². The lowest BCUT2D eigenvalue weighted by molar-refractivity contribution is -0.166. The van der Waals surface area contributed by atoms with Crippen LogP contribution in [0, 0.1) is 5.41 Å². The molecule has 0 aliphatic carbocycles. The molecular weight excluding hydrogens is 316 g/mol. The summed E-state index contributed by atoms with van der Waals surface area (Å²) in [5.74, 6) is -1.77. The average molecular weight is 344 g/mol. The van der Waals surface area contributed by atoms with Gasteiger partial charge in [0.05, 0.1) is 20.3 Å². The van der Waals surface area contributed by atoms with Crippen molar-refractivity contribution in [2.45, 2.75) is 58.5 Å². The topological polar surface area (TPSA) is 88.1 Å². The van der Waals surface area contributed by atoms with Gasteiger partial charge in [0.15, 0.2) is 5.41 Å². The van der Waals surface area contributed by atoms with E-state index in [0.29, 0.717) is 6.61 Å². The molecule has 1 rings (SSSR count). The van der Waals surface area contributed by atoms with Crippen LogP contribution in [0.2, 0.25) is 0 Å². The molecule has 0 bridgehead atoms. The number of esters is 3. The van der Waals surface area contributed by atoms with E-state index in [4.69, 9.17) is 14.2 Å². The Bertz CT molecular complexity index is 435. The van der Waals surface area contributed by atoms with Gasteiger partial charge >= 0.3 is 17.9 Å². The minimum absolute atomic E-state index is 0.0175. The summed E-state index contributed by atoms with van der Waals surface area (Å²) in [6.07, 6.45) is 2.76. The molecule has 0 spiro atoms. The number of rotatable bonds is 11. The van der Waals surface area contributed by atoms with Crippen LogP contribution in [0.3, 0.4) is 0 Å². The third kappa shape index (κ3) is 5.47. The monoisotopic (exact) mass is 344 g/mol. The summed E-state index contributed by atoms with van der Waals surface area (Å²) in [6.45, 7) is 4.77. The maximum atomic E-state index is 12.3. The van der Waals surface area contributed by atoms with Gasteiger partial charge in [0, 0.05) is 19.4 Å². The average Bonchev–Trinajstić information content (AvgIpc) is 2.89.